The third kappa shape index (κ3) is 3.77. The van der Waals surface area contributed by atoms with Gasteiger partial charge in [-0.2, -0.15) is 0 Å². The molecule has 1 N–H and O–H groups in total. The lowest BCUT2D eigenvalue weighted by Gasteiger charge is -2.28. The van der Waals surface area contributed by atoms with Crippen LogP contribution in [0.1, 0.15) is 41.0 Å². The Bertz CT molecular complexity index is 175. The smallest absolute Gasteiger partial charge is 0.314 e. The molecule has 0 saturated carbocycles. The van der Waals surface area contributed by atoms with E-state index in [1.165, 1.54) is 0 Å². The van der Waals surface area contributed by atoms with E-state index < -0.39 is 11.0 Å². The number of hydrogen-bond acceptors (Lipinski definition) is 3. The zero-order valence-corrected chi connectivity index (χ0v) is 9.18. The summed E-state index contributed by atoms with van der Waals surface area (Å²) in [6.07, 6.45) is 0.582. The van der Waals surface area contributed by atoms with Crippen molar-refractivity contribution in [3.05, 3.63) is 0 Å². The molecule has 3 heteroatoms. The summed E-state index contributed by atoms with van der Waals surface area (Å²) in [5.41, 5.74) is -1.24. The first kappa shape index (κ1) is 12.4. The molecule has 1 atom stereocenters. The van der Waals surface area contributed by atoms with Gasteiger partial charge in [0.2, 0.25) is 0 Å². The highest BCUT2D eigenvalue weighted by Crippen LogP contribution is 2.24. The van der Waals surface area contributed by atoms with Crippen LogP contribution < -0.4 is 0 Å². The van der Waals surface area contributed by atoms with Gasteiger partial charge in [-0.05, 0) is 34.1 Å². The van der Waals surface area contributed by atoms with Crippen LogP contribution in [0.3, 0.4) is 0 Å². The Labute approximate surface area is 80.1 Å². The van der Waals surface area contributed by atoms with Crippen LogP contribution in [0.15, 0.2) is 0 Å². The average Bonchev–Trinajstić information content (AvgIpc) is 2.00. The van der Waals surface area contributed by atoms with Crippen molar-refractivity contribution in [3.63, 3.8) is 0 Å². The molecule has 0 aromatic carbocycles. The molecule has 0 bridgehead atoms. The summed E-state index contributed by atoms with van der Waals surface area (Å²) < 4.78 is 5.19. The molecule has 0 radical (unpaired) electrons. The molecular formula is C10H20O3. The molecule has 78 valence electrons. The molecule has 0 aliphatic rings. The molecule has 0 amide bonds. The minimum absolute atomic E-state index is 0.168. The van der Waals surface area contributed by atoms with Gasteiger partial charge >= 0.3 is 5.97 Å². The van der Waals surface area contributed by atoms with Gasteiger partial charge in [-0.1, -0.05) is 6.92 Å². The van der Waals surface area contributed by atoms with Crippen LogP contribution in [0.4, 0.5) is 0 Å². The van der Waals surface area contributed by atoms with Crippen LogP contribution >= 0.6 is 0 Å². The fourth-order valence-electron chi connectivity index (χ4n) is 0.722. The molecule has 0 rings (SSSR count). The van der Waals surface area contributed by atoms with Gasteiger partial charge in [-0.3, -0.25) is 4.79 Å². The summed E-state index contributed by atoms with van der Waals surface area (Å²) in [6.45, 7) is 8.86. The van der Waals surface area contributed by atoms with Crippen LogP contribution in [-0.2, 0) is 9.53 Å². The quantitative estimate of drug-likeness (QED) is 0.686. The Morgan fingerprint density at radius 3 is 2.00 bits per heavy atom. The lowest BCUT2D eigenvalue weighted by Crippen LogP contribution is -2.37. The molecular weight excluding hydrogens is 168 g/mol. The standard InChI is InChI=1S/C10H20O3/c1-6-10(5,7-11)8(12)13-9(2,3)4/h11H,6-7H2,1-5H3. The van der Waals surface area contributed by atoms with Crippen molar-refractivity contribution in [2.45, 2.75) is 46.6 Å². The largest absolute Gasteiger partial charge is 0.459 e. The second-order valence-electron chi connectivity index (χ2n) is 4.57. The van der Waals surface area contributed by atoms with Crippen molar-refractivity contribution in [1.82, 2.24) is 0 Å². The Morgan fingerprint density at radius 2 is 1.77 bits per heavy atom. The average molecular weight is 188 g/mol. The number of carbonyl (C=O) groups is 1. The number of aliphatic hydroxyl groups excluding tert-OH is 1. The highest BCUT2D eigenvalue weighted by molar-refractivity contribution is 5.76. The molecule has 0 aromatic rings. The summed E-state index contributed by atoms with van der Waals surface area (Å²) >= 11 is 0. The summed E-state index contributed by atoms with van der Waals surface area (Å²) in [5.74, 6) is -0.329. The summed E-state index contributed by atoms with van der Waals surface area (Å²) in [5, 5.41) is 9.05. The highest BCUT2D eigenvalue weighted by Gasteiger charge is 2.34. The van der Waals surface area contributed by atoms with Crippen molar-refractivity contribution in [1.29, 1.82) is 0 Å². The number of esters is 1. The van der Waals surface area contributed by atoms with E-state index in [2.05, 4.69) is 0 Å². The number of hydrogen-bond donors (Lipinski definition) is 1. The van der Waals surface area contributed by atoms with Gasteiger partial charge in [0.25, 0.3) is 0 Å². The molecule has 0 spiro atoms. The SMILES string of the molecule is CCC(C)(CO)C(=O)OC(C)(C)C. The van der Waals surface area contributed by atoms with Crippen LogP contribution in [0.2, 0.25) is 0 Å². The molecule has 0 aromatic heterocycles. The van der Waals surface area contributed by atoms with E-state index >= 15 is 0 Å². The monoisotopic (exact) mass is 188 g/mol. The predicted molar refractivity (Wildman–Crippen MR) is 51.3 cm³/mol. The molecule has 0 saturated heterocycles. The van der Waals surface area contributed by atoms with Gasteiger partial charge in [0.15, 0.2) is 0 Å². The van der Waals surface area contributed by atoms with Gasteiger partial charge in [0, 0.05) is 0 Å². The van der Waals surface area contributed by atoms with Crippen molar-refractivity contribution in [2.24, 2.45) is 5.41 Å². The van der Waals surface area contributed by atoms with Crippen LogP contribution in [-0.4, -0.2) is 23.3 Å². The Balaban J connectivity index is 4.41. The Morgan fingerprint density at radius 1 is 1.31 bits per heavy atom. The zero-order valence-electron chi connectivity index (χ0n) is 9.18. The number of carbonyl (C=O) groups excluding carboxylic acids is 1. The van der Waals surface area contributed by atoms with E-state index in [9.17, 15) is 4.79 Å². The maximum atomic E-state index is 11.6. The van der Waals surface area contributed by atoms with Crippen molar-refractivity contribution >= 4 is 5.97 Å². The summed E-state index contributed by atoms with van der Waals surface area (Å²) in [4.78, 5) is 11.6. The number of ether oxygens (including phenoxy) is 1. The fraction of sp³-hybridized carbons (Fsp3) is 0.900. The first-order valence-electron chi connectivity index (χ1n) is 4.59. The molecule has 3 nitrogen and oxygen atoms in total. The van der Waals surface area contributed by atoms with Gasteiger partial charge < -0.3 is 9.84 Å². The van der Waals surface area contributed by atoms with E-state index in [0.29, 0.717) is 6.42 Å². The first-order valence-corrected chi connectivity index (χ1v) is 4.59. The third-order valence-corrected chi connectivity index (χ3v) is 2.02. The topological polar surface area (TPSA) is 46.5 Å². The summed E-state index contributed by atoms with van der Waals surface area (Å²) in [6, 6.07) is 0. The fourth-order valence-corrected chi connectivity index (χ4v) is 0.722. The van der Waals surface area contributed by atoms with Crippen LogP contribution in [0, 0.1) is 5.41 Å². The summed E-state index contributed by atoms with van der Waals surface area (Å²) in [7, 11) is 0. The third-order valence-electron chi connectivity index (χ3n) is 2.02. The van der Waals surface area contributed by atoms with E-state index in [4.69, 9.17) is 9.84 Å². The van der Waals surface area contributed by atoms with Gasteiger partial charge in [-0.25, -0.2) is 0 Å². The van der Waals surface area contributed by atoms with Gasteiger partial charge in [0.05, 0.1) is 12.0 Å². The first-order chi connectivity index (χ1) is 5.75. The Hall–Kier alpha value is -0.570. The molecule has 0 heterocycles. The predicted octanol–water partition coefficient (Wildman–Crippen LogP) is 1.74. The van der Waals surface area contributed by atoms with E-state index in [1.54, 1.807) is 6.92 Å². The molecule has 0 fully saturated rings. The van der Waals surface area contributed by atoms with Crippen LogP contribution in [0.5, 0.6) is 0 Å². The lowest BCUT2D eigenvalue weighted by atomic mass is 9.88. The minimum Gasteiger partial charge on any atom is -0.459 e. The maximum absolute atomic E-state index is 11.6. The van der Waals surface area contributed by atoms with E-state index in [1.807, 2.05) is 27.7 Å². The van der Waals surface area contributed by atoms with E-state index in [-0.39, 0.29) is 12.6 Å². The minimum atomic E-state index is -0.757. The second-order valence-corrected chi connectivity index (χ2v) is 4.57. The number of aliphatic hydroxyl groups is 1. The normalized spacial score (nSPS) is 16.5. The molecule has 1 unspecified atom stereocenters. The number of rotatable bonds is 3. The highest BCUT2D eigenvalue weighted by atomic mass is 16.6. The second kappa shape index (κ2) is 4.09. The lowest BCUT2D eigenvalue weighted by molar-refractivity contribution is -0.169. The molecule has 0 aliphatic carbocycles. The van der Waals surface area contributed by atoms with Crippen LogP contribution in [0.25, 0.3) is 0 Å². The maximum Gasteiger partial charge on any atom is 0.314 e. The van der Waals surface area contributed by atoms with Crippen molar-refractivity contribution in [3.8, 4) is 0 Å². The molecule has 0 aliphatic heterocycles. The van der Waals surface area contributed by atoms with Crippen molar-refractivity contribution < 1.29 is 14.6 Å². The molecule has 13 heavy (non-hydrogen) atoms. The van der Waals surface area contributed by atoms with Crippen molar-refractivity contribution in [2.75, 3.05) is 6.61 Å². The van der Waals surface area contributed by atoms with Gasteiger partial charge in [0.1, 0.15) is 5.60 Å². The van der Waals surface area contributed by atoms with E-state index in [0.717, 1.165) is 0 Å². The van der Waals surface area contributed by atoms with Gasteiger partial charge in [-0.15, -0.1) is 0 Å². The Kier molecular flexibility index (Phi) is 3.91. The zero-order chi connectivity index (χ0) is 10.7.